The van der Waals surface area contributed by atoms with E-state index in [0.717, 1.165) is 11.1 Å². The lowest BCUT2D eigenvalue weighted by molar-refractivity contribution is -0.255. The van der Waals surface area contributed by atoms with E-state index in [0.29, 0.717) is 17.0 Å². The van der Waals surface area contributed by atoms with Crippen molar-refractivity contribution in [2.24, 2.45) is 0 Å². The predicted molar refractivity (Wildman–Crippen MR) is 113 cm³/mol. The quantitative estimate of drug-likeness (QED) is 0.635. The molecule has 3 rings (SSSR count). The molecule has 0 atom stereocenters. The normalized spacial score (nSPS) is 10.1. The van der Waals surface area contributed by atoms with Gasteiger partial charge in [0.2, 0.25) is 0 Å². The zero-order chi connectivity index (χ0) is 20.8. The van der Waals surface area contributed by atoms with Crippen LogP contribution >= 0.6 is 12.2 Å². The van der Waals surface area contributed by atoms with Gasteiger partial charge in [0.05, 0.1) is 18.8 Å². The Morgan fingerprint density at radius 3 is 2.14 bits per heavy atom. The Morgan fingerprint density at radius 2 is 1.52 bits per heavy atom. The lowest BCUT2D eigenvalue weighted by atomic mass is 10.0. The molecule has 0 aromatic heterocycles. The Morgan fingerprint density at radius 1 is 0.897 bits per heavy atom. The van der Waals surface area contributed by atoms with Crippen molar-refractivity contribution in [3.8, 4) is 16.9 Å². The summed E-state index contributed by atoms with van der Waals surface area (Å²) in [6, 6.07) is 21.1. The number of carbonyl (C=O) groups excluding carboxylic acids is 2. The van der Waals surface area contributed by atoms with Gasteiger partial charge in [0, 0.05) is 5.56 Å². The minimum Gasteiger partial charge on any atom is -0.545 e. The van der Waals surface area contributed by atoms with Crippen LogP contribution in [0, 0.1) is 0 Å². The van der Waals surface area contributed by atoms with Crippen LogP contribution in [0.4, 0.5) is 5.69 Å². The summed E-state index contributed by atoms with van der Waals surface area (Å²) in [4.78, 5) is 23.5. The number of carboxylic acids is 1. The van der Waals surface area contributed by atoms with E-state index in [1.54, 1.807) is 12.1 Å². The highest BCUT2D eigenvalue weighted by Gasteiger charge is 2.11. The molecule has 0 aliphatic rings. The molecule has 3 aromatic rings. The minimum atomic E-state index is -1.33. The van der Waals surface area contributed by atoms with Crippen molar-refractivity contribution in [3.05, 3.63) is 83.9 Å². The third-order valence-electron chi connectivity index (χ3n) is 4.16. The molecule has 29 heavy (non-hydrogen) atoms. The fraction of sp³-hybridized carbons (Fsp3) is 0.0455. The summed E-state index contributed by atoms with van der Waals surface area (Å²) in [5, 5.41) is 16.4. The number of aromatic carboxylic acids is 1. The highest BCUT2D eigenvalue weighted by molar-refractivity contribution is 7.80. The van der Waals surface area contributed by atoms with Crippen LogP contribution in [0.3, 0.4) is 0 Å². The van der Waals surface area contributed by atoms with Gasteiger partial charge in [-0.1, -0.05) is 42.5 Å². The second-order valence-corrected chi connectivity index (χ2v) is 6.46. The molecule has 3 aromatic carbocycles. The van der Waals surface area contributed by atoms with Crippen LogP contribution in [0.25, 0.3) is 11.1 Å². The predicted octanol–water partition coefficient (Wildman–Crippen LogP) is 2.85. The molecule has 0 spiro atoms. The van der Waals surface area contributed by atoms with Gasteiger partial charge in [0.25, 0.3) is 5.91 Å². The topological polar surface area (TPSA) is 90.5 Å². The Labute approximate surface area is 173 Å². The maximum Gasteiger partial charge on any atom is 0.257 e. The number of methoxy groups -OCH3 is 1. The Bertz CT molecular complexity index is 1050. The number of carbonyl (C=O) groups is 2. The molecule has 0 unspecified atom stereocenters. The second kappa shape index (κ2) is 8.99. The number of benzene rings is 3. The summed E-state index contributed by atoms with van der Waals surface area (Å²) < 4.78 is 5.18. The molecular formula is C22H17N2O4S-. The first-order valence-electron chi connectivity index (χ1n) is 8.65. The molecular weight excluding hydrogens is 388 g/mol. The number of amides is 1. The molecule has 0 aliphatic heterocycles. The van der Waals surface area contributed by atoms with Gasteiger partial charge < -0.3 is 20.0 Å². The molecule has 146 valence electrons. The van der Waals surface area contributed by atoms with Gasteiger partial charge in [-0.3, -0.25) is 10.1 Å². The van der Waals surface area contributed by atoms with Crippen LogP contribution in [0.1, 0.15) is 20.7 Å². The lowest BCUT2D eigenvalue weighted by Gasteiger charge is -2.14. The molecule has 0 aliphatic carbocycles. The zero-order valence-electron chi connectivity index (χ0n) is 15.5. The summed E-state index contributed by atoms with van der Waals surface area (Å²) in [6.45, 7) is 0. The van der Waals surface area contributed by atoms with Gasteiger partial charge in [-0.15, -0.1) is 0 Å². The first-order chi connectivity index (χ1) is 14.0. The van der Waals surface area contributed by atoms with Crippen molar-refractivity contribution in [2.45, 2.75) is 0 Å². The van der Waals surface area contributed by atoms with Crippen molar-refractivity contribution in [3.63, 3.8) is 0 Å². The van der Waals surface area contributed by atoms with E-state index in [1.807, 2.05) is 42.5 Å². The SMILES string of the molecule is COc1ccc(C(=O)[O-])cc1NC(=S)NC(=O)c1ccc(-c2ccccc2)cc1. The average molecular weight is 405 g/mol. The van der Waals surface area contributed by atoms with E-state index < -0.39 is 11.9 Å². The van der Waals surface area contributed by atoms with Gasteiger partial charge in [0.15, 0.2) is 5.11 Å². The van der Waals surface area contributed by atoms with E-state index >= 15 is 0 Å². The number of anilines is 1. The van der Waals surface area contributed by atoms with Crippen LogP contribution in [-0.2, 0) is 0 Å². The number of ether oxygens (including phenoxy) is 1. The molecule has 0 heterocycles. The smallest absolute Gasteiger partial charge is 0.257 e. The van der Waals surface area contributed by atoms with E-state index in [2.05, 4.69) is 10.6 Å². The van der Waals surface area contributed by atoms with E-state index in [-0.39, 0.29) is 10.7 Å². The van der Waals surface area contributed by atoms with Crippen LogP contribution in [0.5, 0.6) is 5.75 Å². The summed E-state index contributed by atoms with van der Waals surface area (Å²) in [6.07, 6.45) is 0. The molecule has 2 N–H and O–H groups in total. The third-order valence-corrected chi connectivity index (χ3v) is 4.37. The van der Waals surface area contributed by atoms with E-state index in [9.17, 15) is 14.7 Å². The van der Waals surface area contributed by atoms with Crippen LogP contribution in [-0.4, -0.2) is 24.1 Å². The number of nitrogens with one attached hydrogen (secondary N) is 2. The number of thiocarbonyl (C=S) groups is 1. The Hall–Kier alpha value is -3.71. The van der Waals surface area contributed by atoms with Gasteiger partial charge in [-0.2, -0.15) is 0 Å². The van der Waals surface area contributed by atoms with Crippen LogP contribution in [0.15, 0.2) is 72.8 Å². The Balaban J connectivity index is 1.69. The number of rotatable bonds is 5. The zero-order valence-corrected chi connectivity index (χ0v) is 16.3. The maximum atomic E-state index is 12.4. The summed E-state index contributed by atoms with van der Waals surface area (Å²) in [5.41, 5.74) is 2.74. The summed E-state index contributed by atoms with van der Waals surface area (Å²) in [7, 11) is 1.44. The highest BCUT2D eigenvalue weighted by atomic mass is 32.1. The van der Waals surface area contributed by atoms with E-state index in [4.69, 9.17) is 17.0 Å². The standard InChI is InChI=1S/C22H18N2O4S/c1-28-19-12-11-17(21(26)27)13-18(19)23-22(29)24-20(25)16-9-7-15(8-10-16)14-5-3-2-4-6-14/h2-13H,1H3,(H,26,27)(H2,23,24,25,29)/p-1. The molecule has 0 radical (unpaired) electrons. The van der Waals surface area contributed by atoms with Gasteiger partial charge in [-0.05, 0) is 59.2 Å². The van der Waals surface area contributed by atoms with Gasteiger partial charge >= 0.3 is 0 Å². The van der Waals surface area contributed by atoms with Crippen molar-refractivity contribution in [1.82, 2.24) is 5.32 Å². The fourth-order valence-corrected chi connectivity index (χ4v) is 2.91. The van der Waals surface area contributed by atoms with Gasteiger partial charge in [0.1, 0.15) is 5.75 Å². The van der Waals surface area contributed by atoms with E-state index in [1.165, 1.54) is 25.3 Å². The largest absolute Gasteiger partial charge is 0.545 e. The van der Waals surface area contributed by atoms with Gasteiger partial charge in [-0.25, -0.2) is 0 Å². The first-order valence-corrected chi connectivity index (χ1v) is 9.06. The second-order valence-electron chi connectivity index (χ2n) is 6.05. The third kappa shape index (κ3) is 4.97. The highest BCUT2D eigenvalue weighted by Crippen LogP contribution is 2.25. The molecule has 0 saturated carbocycles. The van der Waals surface area contributed by atoms with Crippen molar-refractivity contribution in [1.29, 1.82) is 0 Å². The molecule has 0 fully saturated rings. The van der Waals surface area contributed by atoms with Crippen molar-refractivity contribution < 1.29 is 19.4 Å². The molecule has 0 bridgehead atoms. The monoisotopic (exact) mass is 405 g/mol. The maximum absolute atomic E-state index is 12.4. The number of hydrogen-bond acceptors (Lipinski definition) is 5. The molecule has 7 heteroatoms. The average Bonchev–Trinajstić information content (AvgIpc) is 2.74. The van der Waals surface area contributed by atoms with Crippen molar-refractivity contribution in [2.75, 3.05) is 12.4 Å². The van der Waals surface area contributed by atoms with Crippen molar-refractivity contribution >= 4 is 34.9 Å². The molecule has 6 nitrogen and oxygen atoms in total. The fourth-order valence-electron chi connectivity index (χ4n) is 2.71. The first kappa shape index (κ1) is 20.0. The van der Waals surface area contributed by atoms with Crippen LogP contribution in [0.2, 0.25) is 0 Å². The lowest BCUT2D eigenvalue weighted by Crippen LogP contribution is -2.34. The Kier molecular flexibility index (Phi) is 6.21. The molecule has 1 amide bonds. The summed E-state index contributed by atoms with van der Waals surface area (Å²) >= 11 is 5.17. The number of carboxylic acid groups (broad SMARTS) is 1. The minimum absolute atomic E-state index is 0.0101. The number of hydrogen-bond donors (Lipinski definition) is 2. The van der Waals surface area contributed by atoms with Crippen LogP contribution < -0.4 is 20.5 Å². The molecule has 0 saturated heterocycles. The summed E-state index contributed by atoms with van der Waals surface area (Å²) in [5.74, 6) is -1.35.